The van der Waals surface area contributed by atoms with Crippen molar-refractivity contribution in [1.82, 2.24) is 15.4 Å². The first-order chi connectivity index (χ1) is 10.7. The first-order valence-corrected chi connectivity index (χ1v) is 7.40. The molecule has 0 bridgehead atoms. The molecular weight excluding hydrogens is 302 g/mol. The molecule has 1 aromatic carbocycles. The molecule has 1 aromatic heterocycles. The summed E-state index contributed by atoms with van der Waals surface area (Å²) < 4.78 is 0. The molecule has 0 aliphatic rings. The number of hydrogen-bond acceptors (Lipinski definition) is 6. The Balaban J connectivity index is 2.39. The standard InChI is InChI=1S/C14H13N5O2S/c1-15-11-8-16-14(22-3)18-12(11)17-10-7-5-4-6-9(10)13(20)19-21-2/h4-8H,2-3H3,(H,19,20)(H,16,17,18). The Morgan fingerprint density at radius 3 is 2.86 bits per heavy atom. The normalized spacial score (nSPS) is 9.86. The number of benzene rings is 1. The van der Waals surface area contributed by atoms with Gasteiger partial charge in [0, 0.05) is 6.20 Å². The largest absolute Gasteiger partial charge is 0.348 e. The van der Waals surface area contributed by atoms with E-state index in [1.54, 1.807) is 24.3 Å². The number of hydrogen-bond donors (Lipinski definition) is 2. The van der Waals surface area contributed by atoms with Crippen LogP contribution < -0.4 is 10.8 Å². The van der Waals surface area contributed by atoms with Crippen molar-refractivity contribution in [2.45, 2.75) is 5.16 Å². The van der Waals surface area contributed by atoms with Gasteiger partial charge in [0.25, 0.3) is 5.91 Å². The van der Waals surface area contributed by atoms with E-state index in [0.717, 1.165) is 0 Å². The summed E-state index contributed by atoms with van der Waals surface area (Å²) in [5.41, 5.74) is 3.44. The Morgan fingerprint density at radius 1 is 1.41 bits per heavy atom. The van der Waals surface area contributed by atoms with Crippen LogP contribution in [0.2, 0.25) is 0 Å². The fourth-order valence-electron chi connectivity index (χ4n) is 1.70. The number of anilines is 2. The highest BCUT2D eigenvalue weighted by Gasteiger charge is 2.13. The van der Waals surface area contributed by atoms with E-state index in [4.69, 9.17) is 6.57 Å². The summed E-state index contributed by atoms with van der Waals surface area (Å²) in [6, 6.07) is 6.88. The summed E-state index contributed by atoms with van der Waals surface area (Å²) in [4.78, 5) is 28.3. The van der Waals surface area contributed by atoms with E-state index >= 15 is 0 Å². The maximum absolute atomic E-state index is 12.0. The summed E-state index contributed by atoms with van der Waals surface area (Å²) in [5.74, 6) is -0.0406. The molecule has 0 saturated carbocycles. The molecule has 0 aliphatic carbocycles. The van der Waals surface area contributed by atoms with E-state index in [1.165, 1.54) is 25.1 Å². The number of thioether (sulfide) groups is 1. The number of aromatic nitrogens is 2. The summed E-state index contributed by atoms with van der Waals surface area (Å²) in [7, 11) is 1.36. The number of carbonyl (C=O) groups is 1. The van der Waals surface area contributed by atoms with Gasteiger partial charge in [0.05, 0.1) is 24.9 Å². The summed E-state index contributed by atoms with van der Waals surface area (Å²) >= 11 is 1.37. The number of amides is 1. The molecule has 1 heterocycles. The molecule has 2 N–H and O–H groups in total. The predicted molar refractivity (Wildman–Crippen MR) is 84.3 cm³/mol. The average molecular weight is 315 g/mol. The second kappa shape index (κ2) is 7.40. The van der Waals surface area contributed by atoms with Gasteiger partial charge in [-0.3, -0.25) is 9.63 Å². The van der Waals surface area contributed by atoms with Crippen molar-refractivity contribution >= 4 is 34.9 Å². The fourth-order valence-corrected chi connectivity index (χ4v) is 2.04. The van der Waals surface area contributed by atoms with Crippen molar-refractivity contribution in [2.75, 3.05) is 18.7 Å². The zero-order chi connectivity index (χ0) is 15.9. The zero-order valence-corrected chi connectivity index (χ0v) is 12.8. The van der Waals surface area contributed by atoms with E-state index < -0.39 is 5.91 Å². The van der Waals surface area contributed by atoms with Gasteiger partial charge < -0.3 is 5.32 Å². The minimum atomic E-state index is -0.394. The molecule has 0 spiro atoms. The molecule has 112 valence electrons. The minimum absolute atomic E-state index is 0.278. The van der Waals surface area contributed by atoms with Crippen LogP contribution in [0, 0.1) is 6.57 Å². The Hall–Kier alpha value is -2.63. The van der Waals surface area contributed by atoms with Crippen molar-refractivity contribution in [1.29, 1.82) is 0 Å². The summed E-state index contributed by atoms with van der Waals surface area (Å²) in [6.07, 6.45) is 3.29. The molecule has 8 heteroatoms. The van der Waals surface area contributed by atoms with E-state index in [-0.39, 0.29) is 5.69 Å². The third-order valence-corrected chi connectivity index (χ3v) is 3.23. The lowest BCUT2D eigenvalue weighted by Gasteiger charge is -2.12. The molecular formula is C14H13N5O2S. The first kappa shape index (κ1) is 15.8. The number of rotatable bonds is 5. The van der Waals surface area contributed by atoms with Gasteiger partial charge in [-0.25, -0.2) is 20.3 Å². The van der Waals surface area contributed by atoms with Gasteiger partial charge in [-0.1, -0.05) is 23.9 Å². The molecule has 2 aromatic rings. The second-order valence-electron chi connectivity index (χ2n) is 4.01. The lowest BCUT2D eigenvalue weighted by atomic mass is 10.1. The quantitative estimate of drug-likeness (QED) is 0.382. The van der Waals surface area contributed by atoms with Crippen molar-refractivity contribution < 1.29 is 9.63 Å². The van der Waals surface area contributed by atoms with Crippen LogP contribution in [0.15, 0.2) is 35.6 Å². The molecule has 0 fully saturated rings. The van der Waals surface area contributed by atoms with Crippen molar-refractivity contribution in [3.05, 3.63) is 47.4 Å². The van der Waals surface area contributed by atoms with Crippen molar-refractivity contribution in [3.63, 3.8) is 0 Å². The fraction of sp³-hybridized carbons (Fsp3) is 0.143. The third-order valence-electron chi connectivity index (χ3n) is 2.67. The molecule has 0 saturated heterocycles. The highest BCUT2D eigenvalue weighted by molar-refractivity contribution is 7.98. The molecule has 7 nitrogen and oxygen atoms in total. The van der Waals surface area contributed by atoms with Crippen LogP contribution in [0.4, 0.5) is 17.2 Å². The topological polar surface area (TPSA) is 80.5 Å². The van der Waals surface area contributed by atoms with Gasteiger partial charge >= 0.3 is 0 Å². The van der Waals surface area contributed by atoms with Gasteiger partial charge in [-0.15, -0.1) is 0 Å². The average Bonchev–Trinajstić information content (AvgIpc) is 2.55. The maximum Gasteiger partial charge on any atom is 0.276 e. The molecule has 0 radical (unpaired) electrons. The maximum atomic E-state index is 12.0. The van der Waals surface area contributed by atoms with E-state index in [2.05, 4.69) is 30.4 Å². The van der Waals surface area contributed by atoms with Crippen LogP contribution >= 0.6 is 11.8 Å². The number of carbonyl (C=O) groups excluding carboxylic acids is 1. The number of hydroxylamine groups is 1. The smallest absolute Gasteiger partial charge is 0.276 e. The summed E-state index contributed by atoms with van der Waals surface area (Å²) in [5, 5.41) is 3.55. The Labute approximate surface area is 131 Å². The van der Waals surface area contributed by atoms with Crippen LogP contribution in [0.25, 0.3) is 4.85 Å². The van der Waals surface area contributed by atoms with Gasteiger partial charge in [0.1, 0.15) is 5.82 Å². The van der Waals surface area contributed by atoms with Crippen LogP contribution in [0.1, 0.15) is 10.4 Å². The number of para-hydroxylation sites is 1. The van der Waals surface area contributed by atoms with Gasteiger partial charge in [0.2, 0.25) is 5.69 Å². The number of nitrogens with one attached hydrogen (secondary N) is 2. The molecule has 2 rings (SSSR count). The number of nitrogens with zero attached hydrogens (tertiary/aromatic N) is 3. The SMILES string of the molecule is [C-]#[N+]c1cnc(SC)nc1Nc1ccccc1C(=O)NOC. The summed E-state index contributed by atoms with van der Waals surface area (Å²) in [6.45, 7) is 7.18. The van der Waals surface area contributed by atoms with Gasteiger partial charge in [-0.2, -0.15) is 0 Å². The van der Waals surface area contributed by atoms with Crippen LogP contribution in [0.5, 0.6) is 0 Å². The Kier molecular flexibility index (Phi) is 5.30. The van der Waals surface area contributed by atoms with Crippen LogP contribution in [-0.2, 0) is 4.84 Å². The Morgan fingerprint density at radius 2 is 2.18 bits per heavy atom. The third kappa shape index (κ3) is 3.52. The lowest BCUT2D eigenvalue weighted by Crippen LogP contribution is -2.22. The van der Waals surface area contributed by atoms with Crippen molar-refractivity contribution in [2.24, 2.45) is 0 Å². The second-order valence-corrected chi connectivity index (χ2v) is 4.78. The zero-order valence-electron chi connectivity index (χ0n) is 12.0. The lowest BCUT2D eigenvalue weighted by molar-refractivity contribution is 0.0538. The van der Waals surface area contributed by atoms with E-state index in [1.807, 2.05) is 6.26 Å². The molecule has 0 atom stereocenters. The van der Waals surface area contributed by atoms with Gasteiger partial charge in [0.15, 0.2) is 5.16 Å². The molecule has 0 aliphatic heterocycles. The Bertz CT molecular complexity index is 729. The molecule has 22 heavy (non-hydrogen) atoms. The van der Waals surface area contributed by atoms with Gasteiger partial charge in [-0.05, 0) is 18.4 Å². The highest BCUT2D eigenvalue weighted by atomic mass is 32.2. The monoisotopic (exact) mass is 315 g/mol. The minimum Gasteiger partial charge on any atom is -0.348 e. The first-order valence-electron chi connectivity index (χ1n) is 6.17. The van der Waals surface area contributed by atoms with Crippen molar-refractivity contribution in [3.8, 4) is 0 Å². The van der Waals surface area contributed by atoms with Crippen LogP contribution in [-0.4, -0.2) is 29.2 Å². The molecule has 1 amide bonds. The van der Waals surface area contributed by atoms with E-state index in [0.29, 0.717) is 22.2 Å². The molecule has 0 unspecified atom stereocenters. The van der Waals surface area contributed by atoms with Crippen LogP contribution in [0.3, 0.4) is 0 Å². The highest BCUT2D eigenvalue weighted by Crippen LogP contribution is 2.28. The predicted octanol–water partition coefficient (Wildman–Crippen LogP) is 2.78. The van der Waals surface area contributed by atoms with E-state index in [9.17, 15) is 4.79 Å².